The van der Waals surface area contributed by atoms with Gasteiger partial charge in [0.2, 0.25) is 5.09 Å². The van der Waals surface area contributed by atoms with Crippen LogP contribution in [-0.2, 0) is 10.0 Å². The van der Waals surface area contributed by atoms with Crippen molar-refractivity contribution in [3.05, 3.63) is 39.8 Å². The van der Waals surface area contributed by atoms with Crippen LogP contribution in [0.25, 0.3) is 0 Å². The number of nitrogens with one attached hydrogen (secondary N) is 2. The van der Waals surface area contributed by atoms with Crippen molar-refractivity contribution in [2.24, 2.45) is 0 Å². The molecule has 0 saturated heterocycles. The predicted molar refractivity (Wildman–Crippen MR) is 84.8 cm³/mol. The first-order valence-electron chi connectivity index (χ1n) is 6.69. The van der Waals surface area contributed by atoms with E-state index < -0.39 is 10.0 Å². The Bertz CT molecular complexity index is 748. The van der Waals surface area contributed by atoms with E-state index >= 15 is 0 Å². The van der Waals surface area contributed by atoms with Crippen LogP contribution in [0.3, 0.4) is 0 Å². The van der Waals surface area contributed by atoms with Gasteiger partial charge in [-0.2, -0.15) is 11.3 Å². The Labute approximate surface area is 133 Å². The van der Waals surface area contributed by atoms with Crippen molar-refractivity contribution >= 4 is 27.3 Å². The van der Waals surface area contributed by atoms with Crippen molar-refractivity contribution in [1.82, 2.24) is 10.0 Å². The number of hydrogen-bond acceptors (Lipinski definition) is 5. The number of sulfonamides is 1. The predicted octanol–water partition coefficient (Wildman–Crippen LogP) is 2.09. The summed E-state index contributed by atoms with van der Waals surface area (Å²) in [7, 11) is -2.41. The van der Waals surface area contributed by atoms with E-state index in [9.17, 15) is 13.2 Å². The zero-order chi connectivity index (χ0) is 16.3. The average Bonchev–Trinajstić information content (AvgIpc) is 3.14. The second-order valence-corrected chi connectivity index (χ2v) is 7.51. The molecule has 8 heteroatoms. The van der Waals surface area contributed by atoms with E-state index in [0.717, 1.165) is 5.56 Å². The number of hydrogen-bond donors (Lipinski definition) is 2. The molecule has 0 aromatic carbocycles. The molecule has 2 aromatic heterocycles. The third-order valence-corrected chi connectivity index (χ3v) is 5.32. The first-order chi connectivity index (χ1) is 10.3. The second kappa shape index (κ2) is 6.64. The molecule has 1 atom stereocenters. The van der Waals surface area contributed by atoms with Crippen LogP contribution in [0.1, 0.15) is 34.5 Å². The first-order valence-corrected chi connectivity index (χ1v) is 9.12. The minimum atomic E-state index is -3.70. The highest BCUT2D eigenvalue weighted by Crippen LogP contribution is 2.20. The van der Waals surface area contributed by atoms with Gasteiger partial charge in [0.25, 0.3) is 15.9 Å². The van der Waals surface area contributed by atoms with Crippen LogP contribution in [0.15, 0.2) is 32.4 Å². The molecular formula is C14H18N2O4S2. The van der Waals surface area contributed by atoms with Crippen LogP contribution >= 0.6 is 11.3 Å². The Morgan fingerprint density at radius 3 is 2.77 bits per heavy atom. The Kier molecular flexibility index (Phi) is 5.05. The molecule has 0 fully saturated rings. The van der Waals surface area contributed by atoms with E-state index in [2.05, 4.69) is 10.0 Å². The Morgan fingerprint density at radius 2 is 2.18 bits per heavy atom. The summed E-state index contributed by atoms with van der Waals surface area (Å²) in [6, 6.07) is 3.26. The number of aryl methyl sites for hydroxylation is 1. The number of furan rings is 1. The summed E-state index contributed by atoms with van der Waals surface area (Å²) in [4.78, 5) is 12.2. The molecule has 2 rings (SSSR count). The van der Waals surface area contributed by atoms with E-state index in [1.807, 2.05) is 23.8 Å². The lowest BCUT2D eigenvalue weighted by molar-refractivity contribution is 0.0950. The van der Waals surface area contributed by atoms with Crippen molar-refractivity contribution in [3.63, 3.8) is 0 Å². The maximum absolute atomic E-state index is 12.2. The fraction of sp³-hybridized carbons (Fsp3) is 0.357. The summed E-state index contributed by atoms with van der Waals surface area (Å²) in [5.41, 5.74) is 1.39. The summed E-state index contributed by atoms with van der Waals surface area (Å²) in [6.45, 7) is 4.04. The molecule has 2 N–H and O–H groups in total. The maximum atomic E-state index is 12.2. The quantitative estimate of drug-likeness (QED) is 0.841. The lowest BCUT2D eigenvalue weighted by Crippen LogP contribution is -2.27. The highest BCUT2D eigenvalue weighted by Gasteiger charge is 2.22. The molecule has 0 spiro atoms. The van der Waals surface area contributed by atoms with Crippen molar-refractivity contribution in [3.8, 4) is 0 Å². The monoisotopic (exact) mass is 342 g/mol. The van der Waals surface area contributed by atoms with E-state index in [0.29, 0.717) is 6.54 Å². The lowest BCUT2D eigenvalue weighted by atomic mass is 10.1. The highest BCUT2D eigenvalue weighted by atomic mass is 32.2. The molecular weight excluding hydrogens is 324 g/mol. The topological polar surface area (TPSA) is 88.4 Å². The molecule has 1 amide bonds. The summed E-state index contributed by atoms with van der Waals surface area (Å²) >= 11 is 1.61. The Hall–Kier alpha value is -1.64. The summed E-state index contributed by atoms with van der Waals surface area (Å²) in [6.07, 6.45) is 0. The van der Waals surface area contributed by atoms with Crippen molar-refractivity contribution < 1.29 is 17.6 Å². The number of thiophene rings is 1. The molecule has 22 heavy (non-hydrogen) atoms. The van der Waals surface area contributed by atoms with Gasteiger partial charge in [-0.15, -0.1) is 0 Å². The van der Waals surface area contributed by atoms with Crippen LogP contribution in [0.2, 0.25) is 0 Å². The fourth-order valence-electron chi connectivity index (χ4n) is 1.93. The van der Waals surface area contributed by atoms with Crippen LogP contribution in [0.5, 0.6) is 0 Å². The van der Waals surface area contributed by atoms with Gasteiger partial charge in [-0.05, 0) is 42.3 Å². The lowest BCUT2D eigenvalue weighted by Gasteiger charge is -2.10. The van der Waals surface area contributed by atoms with E-state index in [1.165, 1.54) is 13.1 Å². The molecule has 0 aliphatic carbocycles. The average molecular weight is 342 g/mol. The van der Waals surface area contributed by atoms with Crippen LogP contribution in [0.4, 0.5) is 0 Å². The third-order valence-electron chi connectivity index (χ3n) is 3.35. The van der Waals surface area contributed by atoms with E-state index in [-0.39, 0.29) is 28.2 Å². The molecule has 0 aliphatic rings. The minimum Gasteiger partial charge on any atom is -0.448 e. The van der Waals surface area contributed by atoms with Crippen LogP contribution < -0.4 is 10.0 Å². The van der Waals surface area contributed by atoms with Gasteiger partial charge in [-0.25, -0.2) is 13.1 Å². The molecule has 0 radical (unpaired) electrons. The van der Waals surface area contributed by atoms with E-state index in [1.54, 1.807) is 18.3 Å². The van der Waals surface area contributed by atoms with Crippen LogP contribution in [-0.4, -0.2) is 27.9 Å². The van der Waals surface area contributed by atoms with Gasteiger partial charge in [-0.1, -0.05) is 6.92 Å². The number of amides is 1. The summed E-state index contributed by atoms with van der Waals surface area (Å²) in [5.74, 6) is 0.110. The highest BCUT2D eigenvalue weighted by molar-refractivity contribution is 7.89. The Morgan fingerprint density at radius 1 is 1.45 bits per heavy atom. The van der Waals surface area contributed by atoms with Gasteiger partial charge in [0.15, 0.2) is 0 Å². The standard InChI is InChI=1S/C14H18N2O4S2/c1-9(11-4-5-21-8-11)7-16-14(17)12-6-13(20-10(12)2)22(18,19)15-3/h4-6,8-9,15H,7H2,1-3H3,(H,16,17)/t9-/m0/s1. The van der Waals surface area contributed by atoms with Crippen molar-refractivity contribution in [1.29, 1.82) is 0 Å². The van der Waals surface area contributed by atoms with Gasteiger partial charge >= 0.3 is 0 Å². The third kappa shape index (κ3) is 3.57. The number of rotatable bonds is 6. The van der Waals surface area contributed by atoms with Gasteiger partial charge in [-0.3, -0.25) is 4.79 Å². The van der Waals surface area contributed by atoms with Crippen LogP contribution in [0, 0.1) is 6.92 Å². The van der Waals surface area contributed by atoms with Gasteiger partial charge in [0.05, 0.1) is 5.56 Å². The van der Waals surface area contributed by atoms with E-state index in [4.69, 9.17) is 4.42 Å². The first kappa shape index (κ1) is 16.7. The maximum Gasteiger partial charge on any atom is 0.273 e. The number of carbonyl (C=O) groups is 1. The molecule has 0 unspecified atom stereocenters. The van der Waals surface area contributed by atoms with Crippen molar-refractivity contribution in [2.75, 3.05) is 13.6 Å². The van der Waals surface area contributed by atoms with Gasteiger partial charge in [0.1, 0.15) is 5.76 Å². The van der Waals surface area contributed by atoms with Gasteiger partial charge in [0, 0.05) is 12.6 Å². The normalized spacial score (nSPS) is 13.0. The molecule has 120 valence electrons. The Balaban J connectivity index is 2.07. The zero-order valence-corrected chi connectivity index (χ0v) is 14.2. The van der Waals surface area contributed by atoms with Crippen molar-refractivity contribution in [2.45, 2.75) is 24.9 Å². The number of carbonyl (C=O) groups excluding carboxylic acids is 1. The minimum absolute atomic E-state index is 0.183. The molecule has 0 bridgehead atoms. The molecule has 0 saturated carbocycles. The smallest absolute Gasteiger partial charge is 0.273 e. The molecule has 2 aromatic rings. The fourth-order valence-corrected chi connectivity index (χ4v) is 3.42. The zero-order valence-electron chi connectivity index (χ0n) is 12.5. The summed E-state index contributed by atoms with van der Waals surface area (Å²) < 4.78 is 30.7. The molecule has 0 aliphatic heterocycles. The SMILES string of the molecule is CNS(=O)(=O)c1cc(C(=O)NC[C@H](C)c2ccsc2)c(C)o1. The second-order valence-electron chi connectivity index (χ2n) is 4.91. The largest absolute Gasteiger partial charge is 0.448 e. The molecule has 2 heterocycles. The van der Waals surface area contributed by atoms with Gasteiger partial charge < -0.3 is 9.73 Å². The molecule has 6 nitrogen and oxygen atoms in total. The summed E-state index contributed by atoms with van der Waals surface area (Å²) in [5, 5.41) is 6.57.